The highest BCUT2D eigenvalue weighted by Gasteiger charge is 2.23. The van der Waals surface area contributed by atoms with Gasteiger partial charge in [0.05, 0.1) is 0 Å². The number of aliphatic hydroxyl groups is 1. The summed E-state index contributed by atoms with van der Waals surface area (Å²) < 4.78 is 1.42. The molecule has 1 unspecified atom stereocenters. The smallest absolute Gasteiger partial charge is 0.326 e. The zero-order chi connectivity index (χ0) is 12.8. The van der Waals surface area contributed by atoms with Crippen LogP contribution < -0.4 is 5.32 Å². The lowest BCUT2D eigenvalue weighted by Crippen LogP contribution is -2.44. The quantitative estimate of drug-likeness (QED) is 0.616. The van der Waals surface area contributed by atoms with Gasteiger partial charge in [-0.3, -0.25) is 9.48 Å². The van der Waals surface area contributed by atoms with Crippen molar-refractivity contribution in [2.24, 2.45) is 0 Å². The molecule has 1 heterocycles. The molecule has 1 aromatic heterocycles. The van der Waals surface area contributed by atoms with E-state index in [0.717, 1.165) is 0 Å². The first kappa shape index (κ1) is 13.2. The zero-order valence-corrected chi connectivity index (χ0v) is 9.41. The van der Waals surface area contributed by atoms with E-state index in [4.69, 9.17) is 10.2 Å². The Hall–Kier alpha value is -1.89. The molecule has 0 bridgehead atoms. The topological polar surface area (TPSA) is 104 Å². The van der Waals surface area contributed by atoms with Gasteiger partial charge in [-0.2, -0.15) is 5.10 Å². The third-order valence-corrected chi connectivity index (χ3v) is 2.33. The van der Waals surface area contributed by atoms with Gasteiger partial charge in [-0.1, -0.05) is 0 Å². The fourth-order valence-corrected chi connectivity index (χ4v) is 1.31. The number of nitrogens with zero attached hydrogens (tertiary/aromatic N) is 2. The van der Waals surface area contributed by atoms with Crippen LogP contribution in [0.15, 0.2) is 18.5 Å². The van der Waals surface area contributed by atoms with Gasteiger partial charge < -0.3 is 15.5 Å². The van der Waals surface area contributed by atoms with Crippen molar-refractivity contribution in [2.75, 3.05) is 6.61 Å². The molecule has 0 radical (unpaired) electrons. The standard InChI is InChI=1S/C10H15N3O4/c1-7(13-5-2-4-11-13)9(15)12-8(3-6-14)10(16)17/h2,4-5,7-8,14H,3,6H2,1H3,(H,12,15)(H,16,17)/t7?,8-/m1/s1. The first-order valence-corrected chi connectivity index (χ1v) is 5.19. The number of hydrogen-bond acceptors (Lipinski definition) is 4. The minimum absolute atomic E-state index is 0.0209. The van der Waals surface area contributed by atoms with Crippen molar-refractivity contribution in [3.8, 4) is 0 Å². The number of rotatable bonds is 6. The number of aliphatic hydroxyl groups excluding tert-OH is 1. The number of carbonyl (C=O) groups excluding carboxylic acids is 1. The van der Waals surface area contributed by atoms with E-state index in [0.29, 0.717) is 0 Å². The summed E-state index contributed by atoms with van der Waals surface area (Å²) in [5.41, 5.74) is 0. The summed E-state index contributed by atoms with van der Waals surface area (Å²) in [5.74, 6) is -1.62. The maximum absolute atomic E-state index is 11.7. The van der Waals surface area contributed by atoms with E-state index in [-0.39, 0.29) is 13.0 Å². The van der Waals surface area contributed by atoms with Crippen LogP contribution in [-0.2, 0) is 9.59 Å². The van der Waals surface area contributed by atoms with Crippen molar-refractivity contribution in [3.63, 3.8) is 0 Å². The highest BCUT2D eigenvalue weighted by Crippen LogP contribution is 2.04. The van der Waals surface area contributed by atoms with E-state index in [1.165, 1.54) is 10.9 Å². The average molecular weight is 241 g/mol. The lowest BCUT2D eigenvalue weighted by Gasteiger charge is -2.17. The lowest BCUT2D eigenvalue weighted by atomic mass is 10.2. The molecule has 2 atom stereocenters. The minimum atomic E-state index is -1.17. The van der Waals surface area contributed by atoms with Gasteiger partial charge in [-0.15, -0.1) is 0 Å². The number of nitrogens with one attached hydrogen (secondary N) is 1. The Labute approximate surface area is 98.1 Å². The van der Waals surface area contributed by atoms with Crippen molar-refractivity contribution in [1.29, 1.82) is 0 Å². The molecule has 0 spiro atoms. The van der Waals surface area contributed by atoms with Crippen LogP contribution in [0.25, 0.3) is 0 Å². The van der Waals surface area contributed by atoms with Crippen LogP contribution in [0, 0.1) is 0 Å². The second kappa shape index (κ2) is 6.00. The predicted octanol–water partition coefficient (Wildman–Crippen LogP) is -0.604. The Kier molecular flexibility index (Phi) is 4.65. The maximum Gasteiger partial charge on any atom is 0.326 e. The molecule has 7 heteroatoms. The Morgan fingerprint density at radius 1 is 1.53 bits per heavy atom. The highest BCUT2D eigenvalue weighted by molar-refractivity contribution is 5.85. The highest BCUT2D eigenvalue weighted by atomic mass is 16.4. The van der Waals surface area contributed by atoms with Crippen LogP contribution in [0.3, 0.4) is 0 Å². The van der Waals surface area contributed by atoms with E-state index in [9.17, 15) is 9.59 Å². The summed E-state index contributed by atoms with van der Waals surface area (Å²) in [5, 5.41) is 23.7. The molecule has 1 amide bonds. The normalized spacial score (nSPS) is 14.0. The molecule has 3 N–H and O–H groups in total. The molecule has 17 heavy (non-hydrogen) atoms. The number of carbonyl (C=O) groups is 2. The molecule has 7 nitrogen and oxygen atoms in total. The molecule has 0 aliphatic carbocycles. The van der Waals surface area contributed by atoms with Crippen molar-refractivity contribution in [2.45, 2.75) is 25.4 Å². The predicted molar refractivity (Wildman–Crippen MR) is 58.2 cm³/mol. The molecule has 0 saturated heterocycles. The molecule has 0 saturated carbocycles. The molecule has 94 valence electrons. The first-order valence-electron chi connectivity index (χ1n) is 5.19. The van der Waals surface area contributed by atoms with Crippen molar-refractivity contribution in [3.05, 3.63) is 18.5 Å². The molecular formula is C10H15N3O4. The van der Waals surface area contributed by atoms with Gasteiger partial charge in [0.15, 0.2) is 0 Å². The summed E-state index contributed by atoms with van der Waals surface area (Å²) >= 11 is 0. The SMILES string of the molecule is CC(C(=O)N[C@H](CCO)C(=O)O)n1cccn1. The Morgan fingerprint density at radius 2 is 2.24 bits per heavy atom. The van der Waals surface area contributed by atoms with Crippen LogP contribution in [0.2, 0.25) is 0 Å². The van der Waals surface area contributed by atoms with Gasteiger partial charge in [-0.05, 0) is 13.0 Å². The fraction of sp³-hybridized carbons (Fsp3) is 0.500. The fourth-order valence-electron chi connectivity index (χ4n) is 1.31. The van der Waals surface area contributed by atoms with Crippen LogP contribution in [0.5, 0.6) is 0 Å². The summed E-state index contributed by atoms with van der Waals surface area (Å²) in [6.07, 6.45) is 3.13. The molecule has 0 aliphatic heterocycles. The molecular weight excluding hydrogens is 226 g/mol. The summed E-state index contributed by atoms with van der Waals surface area (Å²) in [7, 11) is 0. The van der Waals surface area contributed by atoms with E-state index in [2.05, 4.69) is 10.4 Å². The van der Waals surface area contributed by atoms with E-state index >= 15 is 0 Å². The number of carboxylic acid groups (broad SMARTS) is 1. The number of amides is 1. The van der Waals surface area contributed by atoms with Gasteiger partial charge >= 0.3 is 5.97 Å². The molecule has 0 aliphatic rings. The van der Waals surface area contributed by atoms with Crippen molar-refractivity contribution >= 4 is 11.9 Å². The maximum atomic E-state index is 11.7. The van der Waals surface area contributed by atoms with Crippen molar-refractivity contribution in [1.82, 2.24) is 15.1 Å². The van der Waals surface area contributed by atoms with Crippen LogP contribution in [-0.4, -0.2) is 44.5 Å². The zero-order valence-electron chi connectivity index (χ0n) is 9.41. The van der Waals surface area contributed by atoms with Gasteiger partial charge in [0, 0.05) is 25.4 Å². The van der Waals surface area contributed by atoms with E-state index in [1.807, 2.05) is 0 Å². The van der Waals surface area contributed by atoms with Gasteiger partial charge in [0.25, 0.3) is 0 Å². The first-order chi connectivity index (χ1) is 8.06. The monoisotopic (exact) mass is 241 g/mol. The molecule has 0 fully saturated rings. The van der Waals surface area contributed by atoms with Gasteiger partial charge in [-0.25, -0.2) is 4.79 Å². The van der Waals surface area contributed by atoms with Crippen LogP contribution in [0.4, 0.5) is 0 Å². The van der Waals surface area contributed by atoms with E-state index in [1.54, 1.807) is 19.2 Å². The third-order valence-electron chi connectivity index (χ3n) is 2.33. The van der Waals surface area contributed by atoms with Crippen LogP contribution >= 0.6 is 0 Å². The Bertz CT molecular complexity index is 377. The second-order valence-corrected chi connectivity index (χ2v) is 3.57. The minimum Gasteiger partial charge on any atom is -0.480 e. The number of hydrogen-bond donors (Lipinski definition) is 3. The van der Waals surface area contributed by atoms with Gasteiger partial charge in [0.1, 0.15) is 12.1 Å². The molecule has 0 aromatic carbocycles. The Balaban J connectivity index is 2.61. The molecule has 1 rings (SSSR count). The summed E-state index contributed by atoms with van der Waals surface area (Å²) in [6.45, 7) is 1.31. The van der Waals surface area contributed by atoms with Gasteiger partial charge in [0.2, 0.25) is 5.91 Å². The number of carboxylic acids is 1. The number of aliphatic carboxylic acids is 1. The third kappa shape index (κ3) is 3.56. The number of aromatic nitrogens is 2. The average Bonchev–Trinajstić information content (AvgIpc) is 2.80. The lowest BCUT2D eigenvalue weighted by molar-refractivity contribution is -0.142. The van der Waals surface area contributed by atoms with E-state index < -0.39 is 24.0 Å². The summed E-state index contributed by atoms with van der Waals surface area (Å²) in [4.78, 5) is 22.5. The molecule has 1 aromatic rings. The summed E-state index contributed by atoms with van der Waals surface area (Å²) in [6, 6.07) is 0.00248. The van der Waals surface area contributed by atoms with Crippen molar-refractivity contribution < 1.29 is 19.8 Å². The Morgan fingerprint density at radius 3 is 2.71 bits per heavy atom. The van der Waals surface area contributed by atoms with Crippen LogP contribution in [0.1, 0.15) is 19.4 Å². The second-order valence-electron chi connectivity index (χ2n) is 3.57. The largest absolute Gasteiger partial charge is 0.480 e.